The number of rotatable bonds is 12. The number of hydrogen-bond acceptors (Lipinski definition) is 6. The molecule has 1 aliphatic rings. The van der Waals surface area contributed by atoms with Crippen LogP contribution >= 0.6 is 0 Å². The van der Waals surface area contributed by atoms with Gasteiger partial charge in [-0.25, -0.2) is 0 Å². The van der Waals surface area contributed by atoms with Crippen LogP contribution in [0.4, 0.5) is 0 Å². The van der Waals surface area contributed by atoms with Crippen LogP contribution in [0.15, 0.2) is 121 Å². The maximum absolute atomic E-state index is 12.7. The summed E-state index contributed by atoms with van der Waals surface area (Å²) in [5.74, 6) is 0. The molecule has 5 rings (SSSR count). The number of aliphatic hydroxyl groups is 1. The molecule has 0 spiro atoms. The third-order valence-corrected chi connectivity index (χ3v) is 7.48. The lowest BCUT2D eigenvalue weighted by Crippen LogP contribution is -2.65. The molecule has 41 heavy (non-hydrogen) atoms. The van der Waals surface area contributed by atoms with Crippen LogP contribution in [0.2, 0.25) is 0 Å². The fourth-order valence-corrected chi connectivity index (χ4v) is 5.27. The van der Waals surface area contributed by atoms with Crippen LogP contribution < -0.4 is 0 Å². The Morgan fingerprint density at radius 2 is 1.02 bits per heavy atom. The molecule has 0 aromatic heterocycles. The predicted molar refractivity (Wildman–Crippen MR) is 156 cm³/mol. The van der Waals surface area contributed by atoms with Gasteiger partial charge < -0.3 is 24.1 Å². The highest BCUT2D eigenvalue weighted by atomic mass is 16.6. The molecule has 0 amide bonds. The van der Waals surface area contributed by atoms with Gasteiger partial charge in [-0.05, 0) is 29.2 Å². The van der Waals surface area contributed by atoms with Gasteiger partial charge in [0.25, 0.3) is 0 Å². The Hall–Kier alpha value is -3.65. The van der Waals surface area contributed by atoms with E-state index < -0.39 is 36.1 Å². The van der Waals surface area contributed by atoms with Crippen LogP contribution in [0.25, 0.3) is 0 Å². The van der Waals surface area contributed by atoms with Crippen LogP contribution in [0.1, 0.15) is 29.2 Å². The van der Waals surface area contributed by atoms with E-state index in [0.717, 1.165) is 16.7 Å². The highest BCUT2D eigenvalue weighted by Crippen LogP contribution is 2.38. The number of hydrogen-bond donors (Lipinski definition) is 1. The largest absolute Gasteiger partial charge is 0.375 e. The number of benzene rings is 4. The molecule has 4 aromatic carbocycles. The van der Waals surface area contributed by atoms with Crippen molar-refractivity contribution in [1.29, 1.82) is 0 Å². The molecule has 1 saturated heterocycles. The summed E-state index contributed by atoms with van der Waals surface area (Å²) in [6, 6.07) is 38.3. The van der Waals surface area contributed by atoms with E-state index in [2.05, 4.69) is 0 Å². The quantitative estimate of drug-likeness (QED) is 0.230. The van der Waals surface area contributed by atoms with E-state index in [1.165, 1.54) is 0 Å². The van der Waals surface area contributed by atoms with Gasteiger partial charge in [0.1, 0.15) is 24.4 Å². The van der Waals surface area contributed by atoms with Gasteiger partial charge in [-0.1, -0.05) is 121 Å². The molecule has 212 valence electrons. The van der Waals surface area contributed by atoms with Crippen LogP contribution in [-0.4, -0.2) is 41.9 Å². The zero-order valence-corrected chi connectivity index (χ0v) is 23.1. The van der Waals surface area contributed by atoms with E-state index in [-0.39, 0.29) is 6.61 Å². The average Bonchev–Trinajstić information content (AvgIpc) is 3.04. The van der Waals surface area contributed by atoms with Crippen molar-refractivity contribution in [2.45, 2.75) is 62.9 Å². The van der Waals surface area contributed by atoms with E-state index in [1.807, 2.05) is 104 Å². The average molecular weight is 553 g/mol. The molecular weight excluding hydrogens is 516 g/mol. The summed E-state index contributed by atoms with van der Waals surface area (Å²) < 4.78 is 26.1. The van der Waals surface area contributed by atoms with Crippen LogP contribution in [0, 0.1) is 0 Å². The standard InChI is InChI=1S/C35H36O6/c1-26-31(38-22-27-14-6-2-7-15-27)32(39-23-28-16-8-3-9-17-28)33(40-24-29-18-10-4-11-19-29)34(41-26)35(37,25-36)30-20-12-5-13-21-30/h2-21,25-26,31-34,37H,22-24H2,1H3/t26-,31+,32+,33-,34-,35-/m0/s1. The Labute approximate surface area is 241 Å². The predicted octanol–water partition coefficient (Wildman–Crippen LogP) is 5.62. The van der Waals surface area contributed by atoms with Crippen molar-refractivity contribution in [2.75, 3.05) is 0 Å². The molecule has 0 unspecified atom stereocenters. The number of aldehydes is 1. The maximum atomic E-state index is 12.7. The summed E-state index contributed by atoms with van der Waals surface area (Å²) in [7, 11) is 0. The molecule has 1 heterocycles. The van der Waals surface area contributed by atoms with Crippen LogP contribution in [0.5, 0.6) is 0 Å². The van der Waals surface area contributed by atoms with E-state index in [9.17, 15) is 9.90 Å². The Morgan fingerprint density at radius 3 is 1.46 bits per heavy atom. The third-order valence-electron chi connectivity index (χ3n) is 7.48. The first kappa shape index (κ1) is 28.9. The minimum absolute atomic E-state index is 0.236. The number of ether oxygens (including phenoxy) is 4. The molecule has 0 radical (unpaired) electrons. The summed E-state index contributed by atoms with van der Waals surface area (Å²) in [5, 5.41) is 11.9. The van der Waals surface area contributed by atoms with Gasteiger partial charge in [0.05, 0.1) is 25.9 Å². The number of carbonyl (C=O) groups excluding carboxylic acids is 1. The van der Waals surface area contributed by atoms with E-state index in [4.69, 9.17) is 18.9 Å². The monoisotopic (exact) mass is 552 g/mol. The zero-order chi connectivity index (χ0) is 28.5. The molecular formula is C35H36O6. The van der Waals surface area contributed by atoms with E-state index in [1.54, 1.807) is 24.3 Å². The Bertz CT molecular complexity index is 1330. The first-order valence-corrected chi connectivity index (χ1v) is 13.9. The summed E-state index contributed by atoms with van der Waals surface area (Å²) in [6.45, 7) is 2.76. The Balaban J connectivity index is 1.51. The van der Waals surface area contributed by atoms with Gasteiger partial charge in [0.2, 0.25) is 0 Å². The fraction of sp³-hybridized carbons (Fsp3) is 0.286. The second kappa shape index (κ2) is 13.8. The normalized spacial score (nSPS) is 23.9. The Morgan fingerprint density at radius 1 is 0.634 bits per heavy atom. The fourth-order valence-electron chi connectivity index (χ4n) is 5.27. The second-order valence-corrected chi connectivity index (χ2v) is 10.4. The van der Waals surface area contributed by atoms with E-state index in [0.29, 0.717) is 25.1 Å². The van der Waals surface area contributed by atoms with Gasteiger partial charge in [-0.3, -0.25) is 4.79 Å². The molecule has 6 heteroatoms. The van der Waals surface area contributed by atoms with Gasteiger partial charge in [-0.15, -0.1) is 0 Å². The summed E-state index contributed by atoms with van der Waals surface area (Å²) in [4.78, 5) is 12.7. The summed E-state index contributed by atoms with van der Waals surface area (Å²) in [5.41, 5.74) is 1.39. The van der Waals surface area contributed by atoms with Crippen molar-refractivity contribution in [3.05, 3.63) is 144 Å². The van der Waals surface area contributed by atoms with Crippen molar-refractivity contribution in [3.63, 3.8) is 0 Å². The first-order chi connectivity index (χ1) is 20.1. The van der Waals surface area contributed by atoms with Crippen molar-refractivity contribution in [2.24, 2.45) is 0 Å². The number of carbonyl (C=O) groups is 1. The molecule has 1 fully saturated rings. The third kappa shape index (κ3) is 6.99. The van der Waals surface area contributed by atoms with Crippen molar-refractivity contribution in [1.82, 2.24) is 0 Å². The van der Waals surface area contributed by atoms with Crippen molar-refractivity contribution >= 4 is 6.29 Å². The molecule has 4 aromatic rings. The van der Waals surface area contributed by atoms with E-state index >= 15 is 0 Å². The SMILES string of the molecule is C[C@@H]1O[C@H]([C@](O)(C=O)c2ccccc2)[C@@H](OCc2ccccc2)[C@H](OCc2ccccc2)[C@@H]1OCc1ccccc1. The van der Waals surface area contributed by atoms with Gasteiger partial charge in [0.15, 0.2) is 11.9 Å². The Kier molecular flexibility index (Phi) is 9.72. The lowest BCUT2D eigenvalue weighted by Gasteiger charge is -2.49. The molecule has 0 bridgehead atoms. The lowest BCUT2D eigenvalue weighted by atomic mass is 9.81. The highest BCUT2D eigenvalue weighted by molar-refractivity contribution is 5.67. The summed E-state index contributed by atoms with van der Waals surface area (Å²) >= 11 is 0. The van der Waals surface area contributed by atoms with Crippen LogP contribution in [0.3, 0.4) is 0 Å². The second-order valence-electron chi connectivity index (χ2n) is 10.4. The minimum atomic E-state index is -1.98. The van der Waals surface area contributed by atoms with Crippen molar-refractivity contribution in [3.8, 4) is 0 Å². The lowest BCUT2D eigenvalue weighted by molar-refractivity contribution is -0.289. The minimum Gasteiger partial charge on any atom is -0.375 e. The smallest absolute Gasteiger partial charge is 0.173 e. The van der Waals surface area contributed by atoms with Gasteiger partial charge in [-0.2, -0.15) is 0 Å². The zero-order valence-electron chi connectivity index (χ0n) is 23.1. The first-order valence-electron chi connectivity index (χ1n) is 13.9. The topological polar surface area (TPSA) is 74.2 Å². The molecule has 0 aliphatic carbocycles. The van der Waals surface area contributed by atoms with Crippen LogP contribution in [-0.2, 0) is 49.2 Å². The summed E-state index contributed by atoms with van der Waals surface area (Å²) in [6.07, 6.45) is -3.08. The molecule has 6 nitrogen and oxygen atoms in total. The molecule has 1 N–H and O–H groups in total. The highest BCUT2D eigenvalue weighted by Gasteiger charge is 2.55. The van der Waals surface area contributed by atoms with Gasteiger partial charge >= 0.3 is 0 Å². The molecule has 6 atom stereocenters. The molecule has 1 aliphatic heterocycles. The van der Waals surface area contributed by atoms with Gasteiger partial charge in [0, 0.05) is 0 Å². The van der Waals surface area contributed by atoms with Crippen molar-refractivity contribution < 1.29 is 28.8 Å². The maximum Gasteiger partial charge on any atom is 0.173 e. The molecule has 0 saturated carbocycles.